The predicted octanol–water partition coefficient (Wildman–Crippen LogP) is -0.523. The molecule has 28 heteroatoms. The van der Waals surface area contributed by atoms with E-state index in [0.29, 0.717) is 27.8 Å². The average Bonchev–Trinajstić information content (AvgIpc) is 3.82. The first-order chi connectivity index (χ1) is 38.4. The number of nitrogens with zero attached hydrogens (tertiary/aromatic N) is 1. The number of amides is 8. The Bertz CT molecular complexity index is 2640. The Hall–Kier alpha value is -7.04. The van der Waals surface area contributed by atoms with Gasteiger partial charge in [-0.3, -0.25) is 48.1 Å². The van der Waals surface area contributed by atoms with Gasteiger partial charge in [0.1, 0.15) is 48.3 Å². The highest BCUT2D eigenvalue weighted by molar-refractivity contribution is 7.98. The highest BCUT2D eigenvalue weighted by Crippen LogP contribution is 2.20. The van der Waals surface area contributed by atoms with Gasteiger partial charge >= 0.3 is 11.9 Å². The van der Waals surface area contributed by atoms with Gasteiger partial charge in [-0.1, -0.05) is 76.2 Å². The van der Waals surface area contributed by atoms with Crippen LogP contribution in [0.1, 0.15) is 77.3 Å². The number of thiol groups is 2. The van der Waals surface area contributed by atoms with Gasteiger partial charge in [0.2, 0.25) is 47.3 Å². The molecular weight excluding hydrogens is 1110 g/mol. The summed E-state index contributed by atoms with van der Waals surface area (Å²) >= 11 is 9.48. The number of benzene rings is 2. The zero-order valence-corrected chi connectivity index (χ0v) is 48.7. The van der Waals surface area contributed by atoms with E-state index in [4.69, 9.17) is 17.2 Å². The predicted molar refractivity (Wildman–Crippen MR) is 315 cm³/mol. The number of guanidine groups is 1. The highest BCUT2D eigenvalue weighted by Gasteiger charge is 2.36. The third kappa shape index (κ3) is 23.9. The Morgan fingerprint density at radius 1 is 0.580 bits per heavy atom. The van der Waals surface area contributed by atoms with E-state index in [2.05, 4.69) is 77.8 Å². The minimum atomic E-state index is -1.84. The summed E-state index contributed by atoms with van der Waals surface area (Å²) in [6.45, 7) is 7.18. The molecule has 0 aliphatic heterocycles. The molecule has 1 aromatic heterocycles. The second kappa shape index (κ2) is 35.0. The molecule has 3 rings (SSSR count). The number of rotatable bonds is 36. The Labute approximate surface area is 486 Å². The first kappa shape index (κ1) is 68.2. The van der Waals surface area contributed by atoms with Crippen LogP contribution in [0.25, 0.3) is 10.9 Å². The van der Waals surface area contributed by atoms with E-state index < -0.39 is 120 Å². The van der Waals surface area contributed by atoms with Crippen LogP contribution in [0.3, 0.4) is 0 Å². The van der Waals surface area contributed by atoms with Crippen molar-refractivity contribution in [3.63, 3.8) is 0 Å². The van der Waals surface area contributed by atoms with Gasteiger partial charge in [-0.05, 0) is 73.1 Å². The Kier molecular flexibility index (Phi) is 29.4. The number of hydrogen-bond acceptors (Lipinski definition) is 15. The van der Waals surface area contributed by atoms with Gasteiger partial charge in [0.25, 0.3) is 0 Å². The fourth-order valence-corrected chi connectivity index (χ4v) is 9.19. The molecule has 0 radical (unpaired) electrons. The van der Waals surface area contributed by atoms with E-state index in [1.54, 1.807) is 80.9 Å². The number of aliphatic imine (C=N–C) groups is 1. The average molecular weight is 1190 g/mol. The molecule has 2 aromatic carbocycles. The molecule has 0 saturated heterocycles. The molecule has 9 atom stereocenters. The molecule has 17 N–H and O–H groups in total. The lowest BCUT2D eigenvalue weighted by Crippen LogP contribution is -2.61. The summed E-state index contributed by atoms with van der Waals surface area (Å²) in [6, 6.07) is 3.48. The van der Waals surface area contributed by atoms with Gasteiger partial charge < -0.3 is 74.9 Å². The fraction of sp³-hybridized carbons (Fsp3) is 0.528. The molecule has 25 nitrogen and oxygen atoms in total. The molecular formula is C53H79N13O12S3. The first-order valence-electron chi connectivity index (χ1n) is 26.4. The molecule has 0 bridgehead atoms. The summed E-state index contributed by atoms with van der Waals surface area (Å²) < 4.78 is 0. The smallest absolute Gasteiger partial charge is 0.327 e. The largest absolute Gasteiger partial charge is 0.481 e. The van der Waals surface area contributed by atoms with Crippen molar-refractivity contribution in [1.82, 2.24) is 47.5 Å². The molecule has 0 fully saturated rings. The quantitative estimate of drug-likeness (QED) is 0.0151. The molecule has 0 saturated carbocycles. The number of aromatic amines is 1. The Morgan fingerprint density at radius 2 is 1.04 bits per heavy atom. The lowest BCUT2D eigenvalue weighted by atomic mass is 10.00. The number of carboxylic acid groups (broad SMARTS) is 2. The molecule has 446 valence electrons. The van der Waals surface area contributed by atoms with E-state index in [0.717, 1.165) is 0 Å². The van der Waals surface area contributed by atoms with Crippen molar-refractivity contribution in [3.05, 3.63) is 71.9 Å². The van der Waals surface area contributed by atoms with E-state index in [1.807, 2.05) is 13.8 Å². The van der Waals surface area contributed by atoms with Crippen LogP contribution >= 0.6 is 37.0 Å². The number of para-hydroxylation sites is 1. The summed E-state index contributed by atoms with van der Waals surface area (Å²) in [6.07, 6.45) is 2.35. The van der Waals surface area contributed by atoms with Crippen molar-refractivity contribution in [1.29, 1.82) is 0 Å². The van der Waals surface area contributed by atoms with Crippen molar-refractivity contribution in [3.8, 4) is 0 Å². The molecule has 0 aliphatic rings. The molecule has 8 amide bonds. The summed E-state index contributed by atoms with van der Waals surface area (Å²) in [5, 5.41) is 41.0. The summed E-state index contributed by atoms with van der Waals surface area (Å²) in [7, 11) is 0. The lowest BCUT2D eigenvalue weighted by molar-refractivity contribution is -0.143. The zero-order chi connectivity index (χ0) is 60.3. The molecule has 0 aliphatic carbocycles. The second-order valence-electron chi connectivity index (χ2n) is 20.1. The van der Waals surface area contributed by atoms with Crippen molar-refractivity contribution < 1.29 is 58.2 Å². The normalized spacial score (nSPS) is 14.5. The minimum absolute atomic E-state index is 0.0131. The van der Waals surface area contributed by atoms with Gasteiger partial charge in [0.05, 0.1) is 12.5 Å². The SMILES string of the molecule is CSCC[C@H](NC(=O)[C@H](Cc1ccccc1)NC(=O)[C@H](CC(C)C)NC(=O)[C@@H](N)CS)C(=O)N[C@@H](CCCN=C(N)N)C(=O)N[C@@H](CC(C)C)C(=O)N[C@@H](CC(=O)O)C(=O)N[C@@H](Cc1c[nH]c2ccccc12)C(=O)N[C@@H](CS)C(=O)O. The van der Waals surface area contributed by atoms with Crippen molar-refractivity contribution in [2.24, 2.45) is 34.0 Å². The topological polar surface area (TPSA) is 414 Å². The third-order valence-corrected chi connectivity index (χ3v) is 13.9. The van der Waals surface area contributed by atoms with Crippen LogP contribution in [0.2, 0.25) is 0 Å². The van der Waals surface area contributed by atoms with E-state index in [9.17, 15) is 58.2 Å². The van der Waals surface area contributed by atoms with Crippen LogP contribution < -0.4 is 59.7 Å². The van der Waals surface area contributed by atoms with Crippen LogP contribution in [-0.4, -0.2) is 165 Å². The van der Waals surface area contributed by atoms with Gasteiger partial charge in [0, 0.05) is 48.0 Å². The number of nitrogens with two attached hydrogens (primary N) is 3. The summed E-state index contributed by atoms with van der Waals surface area (Å²) in [5.41, 5.74) is 18.9. The van der Waals surface area contributed by atoms with Gasteiger partial charge in [-0.2, -0.15) is 37.0 Å². The number of H-pyrrole nitrogens is 1. The number of carboxylic acids is 2. The van der Waals surface area contributed by atoms with Crippen LogP contribution in [0.15, 0.2) is 65.8 Å². The number of aromatic nitrogens is 1. The number of nitrogens with one attached hydrogen (secondary N) is 9. The van der Waals surface area contributed by atoms with Gasteiger partial charge in [0.15, 0.2) is 5.96 Å². The van der Waals surface area contributed by atoms with Gasteiger partial charge in [-0.15, -0.1) is 0 Å². The minimum Gasteiger partial charge on any atom is -0.481 e. The number of fused-ring (bicyclic) bond motifs is 1. The van der Waals surface area contributed by atoms with Crippen molar-refractivity contribution in [2.75, 3.05) is 30.1 Å². The van der Waals surface area contributed by atoms with Crippen LogP contribution in [0.4, 0.5) is 0 Å². The Morgan fingerprint density at radius 3 is 1.56 bits per heavy atom. The Balaban J connectivity index is 1.96. The monoisotopic (exact) mass is 1190 g/mol. The molecule has 0 unspecified atom stereocenters. The van der Waals surface area contributed by atoms with Crippen LogP contribution in [0, 0.1) is 11.8 Å². The maximum atomic E-state index is 14.5. The second-order valence-corrected chi connectivity index (χ2v) is 21.9. The molecule has 1 heterocycles. The van der Waals surface area contributed by atoms with Crippen molar-refractivity contribution >= 4 is 113 Å². The number of carbonyl (C=O) groups excluding carboxylic acids is 8. The fourth-order valence-electron chi connectivity index (χ4n) is 8.31. The van der Waals surface area contributed by atoms with E-state index >= 15 is 0 Å². The van der Waals surface area contributed by atoms with Gasteiger partial charge in [-0.25, -0.2) is 4.79 Å². The molecule has 0 spiro atoms. The van der Waals surface area contributed by atoms with Crippen LogP contribution in [-0.2, 0) is 60.8 Å². The standard InChI is InChI=1S/C53H79N13O12S3/c1-28(2)20-37(61-44(69)33(54)26-79)47(72)63-39(22-30-12-7-6-8-13-30)49(74)60-36(17-19-81-5)46(71)59-35(16-11-18-57-53(55)56)45(70)62-38(21-29(3)4)48(73)65-41(24-43(67)68)51(76)64-40(50(75)66-42(27-80)52(77)78)23-31-25-58-34-15-10-9-14-32(31)34/h6-10,12-15,25,28-29,33,35-42,58,79-80H,11,16-24,26-27,54H2,1-5H3,(H,59,71)(H,60,74)(H,61,69)(H,62,70)(H,63,72)(H,64,76)(H,65,73)(H,66,75)(H,67,68)(H,77,78)(H4,55,56,57)/t33-,35-,36-,37-,38-,39-,40-,41-,42-/m0/s1. The third-order valence-electron chi connectivity index (χ3n) is 12.5. The number of carbonyl (C=O) groups is 10. The maximum Gasteiger partial charge on any atom is 0.327 e. The van der Waals surface area contributed by atoms with E-state index in [-0.39, 0.29) is 80.8 Å². The zero-order valence-electron chi connectivity index (χ0n) is 46.1. The maximum absolute atomic E-state index is 14.5. The summed E-state index contributed by atoms with van der Waals surface area (Å²) in [5.74, 6) is -10.3. The van der Waals surface area contributed by atoms with E-state index in [1.165, 1.54) is 11.8 Å². The first-order valence-corrected chi connectivity index (χ1v) is 29.0. The number of hydrogen-bond donors (Lipinski definition) is 16. The van der Waals surface area contributed by atoms with Crippen LogP contribution in [0.5, 0.6) is 0 Å². The van der Waals surface area contributed by atoms with Crippen molar-refractivity contribution in [2.45, 2.75) is 133 Å². The lowest BCUT2D eigenvalue weighted by Gasteiger charge is -2.28. The highest BCUT2D eigenvalue weighted by atomic mass is 32.2. The number of thioether (sulfide) groups is 1. The summed E-state index contributed by atoms with van der Waals surface area (Å²) in [4.78, 5) is 143. The number of aliphatic carboxylic acids is 2. The molecule has 81 heavy (non-hydrogen) atoms. The molecule has 3 aromatic rings.